The van der Waals surface area contributed by atoms with Crippen molar-refractivity contribution in [2.45, 2.75) is 437 Å². The molecule has 144 heavy (non-hydrogen) atoms. The average molecular weight is 2080 g/mol. The molecule has 8 saturated heterocycles. The van der Waals surface area contributed by atoms with Crippen LogP contribution in [0.4, 0.5) is 0 Å². The van der Waals surface area contributed by atoms with E-state index in [1.54, 1.807) is 20.8 Å². The maximum atomic E-state index is 15.9. The molecule has 5 aliphatic carbocycles. The highest BCUT2D eigenvalue weighted by Crippen LogP contribution is 2.75. The molecule has 4 saturated carbocycles. The topological polar surface area (TPSA) is 752 Å². The monoisotopic (exact) mass is 2080 g/mol. The quantitative estimate of drug-likeness (QED) is 0.0118. The summed E-state index contributed by atoms with van der Waals surface area (Å²) in [5.74, 6) is -8.03. The fraction of sp³-hybridized carbons (Fsp3) is 0.938. The average Bonchev–Trinajstić information content (AvgIpc) is 0.715. The van der Waals surface area contributed by atoms with Crippen LogP contribution in [0.5, 0.6) is 0 Å². The zero-order valence-corrected chi connectivity index (χ0v) is 83.6. The minimum Gasteiger partial charge on any atom is -0.462 e. The number of aliphatic hydroxyl groups is 25. The van der Waals surface area contributed by atoms with Gasteiger partial charge in [0.25, 0.3) is 5.91 Å². The van der Waals surface area contributed by atoms with Gasteiger partial charge in [-0.1, -0.05) is 93.7 Å². The number of rotatable bonds is 38. The van der Waals surface area contributed by atoms with Crippen molar-refractivity contribution in [3.8, 4) is 0 Å². The Morgan fingerprint density at radius 1 is 0.500 bits per heavy atom. The normalized spacial score (nSPS) is 47.3. The molecule has 39 unspecified atom stereocenters. The van der Waals surface area contributed by atoms with Gasteiger partial charge in [-0.05, 0) is 123 Å². The Bertz CT molecular complexity index is 4220. The van der Waals surface area contributed by atoms with Gasteiger partial charge in [0.15, 0.2) is 62.3 Å². The summed E-state index contributed by atoms with van der Waals surface area (Å²) in [6, 6.07) is 0. The molecule has 12 fully saturated rings. The number of fused-ring (bicyclic) bond motifs is 7. The number of allylic oxidation sites excluding steroid dienone is 2. The molecule has 0 bridgehead atoms. The number of carbonyl (C=O) groups excluding carboxylic acids is 4. The molecule has 0 aromatic heterocycles. The fourth-order valence-corrected chi connectivity index (χ4v) is 25.0. The van der Waals surface area contributed by atoms with Crippen LogP contribution in [0.15, 0.2) is 11.6 Å². The summed E-state index contributed by atoms with van der Waals surface area (Å²) in [5, 5.41) is 282. The summed E-state index contributed by atoms with van der Waals surface area (Å²) in [6.07, 6.45) is -65.7. The van der Waals surface area contributed by atoms with Crippen molar-refractivity contribution >= 4 is 23.8 Å². The Labute approximate surface area is 834 Å². The van der Waals surface area contributed by atoms with E-state index in [0.717, 1.165) is 5.57 Å². The zero-order chi connectivity index (χ0) is 106. The number of carbonyl (C=O) groups is 4. The van der Waals surface area contributed by atoms with Crippen molar-refractivity contribution in [1.82, 2.24) is 5.32 Å². The number of hydrogen-bond acceptors (Lipinski definition) is 47. The van der Waals surface area contributed by atoms with Gasteiger partial charge in [0.2, 0.25) is 6.29 Å². The van der Waals surface area contributed by atoms with Crippen LogP contribution in [0, 0.1) is 68.5 Å². The third kappa shape index (κ3) is 23.5. The van der Waals surface area contributed by atoms with E-state index in [4.69, 9.17) is 85.3 Å². The van der Waals surface area contributed by atoms with Crippen molar-refractivity contribution in [1.29, 1.82) is 0 Å². The van der Waals surface area contributed by atoms with Gasteiger partial charge in [0.05, 0.1) is 126 Å². The Balaban J connectivity index is 0.740. The molecule has 8 aliphatic heterocycles. The first kappa shape index (κ1) is 117. The van der Waals surface area contributed by atoms with E-state index >= 15 is 4.79 Å². The Hall–Kier alpha value is -3.98. The number of esters is 3. The first-order valence-electron chi connectivity index (χ1n) is 50.6. The lowest BCUT2D eigenvalue weighted by Crippen LogP contribution is -2.70. The number of amides is 1. The van der Waals surface area contributed by atoms with Crippen molar-refractivity contribution < 1.29 is 232 Å². The zero-order valence-electron chi connectivity index (χ0n) is 83.6. The second kappa shape index (κ2) is 47.1. The molecule has 0 aromatic rings. The Morgan fingerprint density at radius 3 is 1.67 bits per heavy atom. The number of hydrogen-bond donors (Lipinski definition) is 26. The molecule has 48 heteroatoms. The first-order valence-corrected chi connectivity index (χ1v) is 50.6. The van der Waals surface area contributed by atoms with Crippen LogP contribution in [0.25, 0.3) is 0 Å². The SMILES string of the molecule is CC[C@H](C)[C@H](C[C@H](O)CC(=O)OC1C(C)OC(OC(=O)[C@@H]2CC(C)(C)CC3C4=CCC5[C@@]6(C)CC[C@H](OC7OC(C(=O)NC(C)(CO)CO)C(O)C(OC8OCC(O)C(O)C8O)C7OC7OC(CO)C(O)C(O)C7O)[C@@](C)(CO)C6CC[C@@]5(C)[C@]4(C)C[C@@H](O)C32)C(OC2OC(C)C(OC3OCC(O)C(OC4OCC(O)(CO)C4O)C3O)C(O)C2O)C1O)OC(=O)C[C@@H](O)C[C@H](OC1OC(CO)C(O)C1O)[C@@H](C)CC. The van der Waals surface area contributed by atoms with Gasteiger partial charge in [-0.25, -0.2) is 0 Å². The molecule has 830 valence electrons. The van der Waals surface area contributed by atoms with Crippen molar-refractivity contribution in [2.24, 2.45) is 68.5 Å². The Kier molecular flexibility index (Phi) is 38.3. The third-order valence-electron chi connectivity index (χ3n) is 34.3. The maximum absolute atomic E-state index is 15.9. The van der Waals surface area contributed by atoms with E-state index in [1.165, 1.54) is 20.8 Å². The second-order valence-corrected chi connectivity index (χ2v) is 44.8. The fourth-order valence-electron chi connectivity index (χ4n) is 25.0. The lowest BCUT2D eigenvalue weighted by molar-refractivity contribution is -0.392. The van der Waals surface area contributed by atoms with Gasteiger partial charge in [-0.2, -0.15) is 0 Å². The molecular weight excluding hydrogens is 1920 g/mol. The van der Waals surface area contributed by atoms with Crippen LogP contribution < -0.4 is 5.32 Å². The van der Waals surface area contributed by atoms with Crippen LogP contribution in [-0.4, -0.2) is 468 Å². The van der Waals surface area contributed by atoms with Gasteiger partial charge in [0.1, 0.15) is 140 Å². The van der Waals surface area contributed by atoms with E-state index < -0.39 is 410 Å². The van der Waals surface area contributed by atoms with Crippen molar-refractivity contribution in [3.05, 3.63) is 11.6 Å². The van der Waals surface area contributed by atoms with Gasteiger partial charge < -0.3 is 218 Å². The summed E-state index contributed by atoms with van der Waals surface area (Å²) >= 11 is 0. The van der Waals surface area contributed by atoms with Crippen molar-refractivity contribution in [3.63, 3.8) is 0 Å². The van der Waals surface area contributed by atoms with Gasteiger partial charge in [-0.15, -0.1) is 0 Å². The largest absolute Gasteiger partial charge is 0.462 e. The second-order valence-electron chi connectivity index (χ2n) is 44.8. The van der Waals surface area contributed by atoms with Crippen LogP contribution in [-0.2, 0) is 104 Å². The highest BCUT2D eigenvalue weighted by Gasteiger charge is 2.72. The standard InChI is InChI=1S/C96H159NO47/c1-14-38(3)50(132-57(109)24-43(105)23-51(39(4)15-2)133-85-66(117)62(113)53(30-99)134-85)22-42(104)25-58(110)137-73-41(6)131-87(77(69(73)120)142-84-68(119)64(115)72(40(5)130-84)138-83-71(122)74(49(108)32-128-83)139-89-79(123)96(126,36-103)37-129-89)144-81(125)45-27-90(7,8)26-44-46-16-17-55-92(10)20-19-56(93(11,35-102)54(92)18-21-94(55,12)95(46,13)28-47(106)59(44)45)136-88-78(143-86-67(118)63(114)61(112)52(29-98)135-86)75(140-82-65(116)60(111)48(107)31-127-82)70(121)76(141-88)80(124)97-91(9,33-100)34-101/h16,38-45,47-56,59-79,82-89,98-108,111-123,126H,14-15,17-37H2,1-13H3,(H,97,124)/t38-,39-,40?,41?,42-,43-,44?,45+,47+,48?,49?,50-,51-,52?,53?,54?,55?,56-,59?,60?,61?,62?,63?,64?,65?,66?,67?,68?,69?,70?,71?,72?,73?,74?,75?,76?,77?,78?,79?,82?,83?,84?,85?,86?,87?,88?,89?,92-,93-,94+,95+,96?/m0/s1. The lowest BCUT2D eigenvalue weighted by atomic mass is 9.34. The van der Waals surface area contributed by atoms with Gasteiger partial charge >= 0.3 is 17.9 Å². The number of ether oxygens (including phenoxy) is 18. The summed E-state index contributed by atoms with van der Waals surface area (Å²) in [5.41, 5.74) is -7.10. The molecule has 52 atom stereocenters. The molecule has 0 aromatic carbocycles. The molecule has 48 nitrogen and oxygen atoms in total. The summed E-state index contributed by atoms with van der Waals surface area (Å²) in [7, 11) is 0. The van der Waals surface area contributed by atoms with E-state index in [-0.39, 0.29) is 43.9 Å². The summed E-state index contributed by atoms with van der Waals surface area (Å²) in [4.78, 5) is 58.5. The molecule has 0 radical (unpaired) electrons. The molecule has 1 amide bonds. The maximum Gasteiger partial charge on any atom is 0.311 e. The minimum absolute atomic E-state index is 0.108. The summed E-state index contributed by atoms with van der Waals surface area (Å²) < 4.78 is 109. The van der Waals surface area contributed by atoms with E-state index in [1.807, 2.05) is 27.7 Å². The van der Waals surface area contributed by atoms with E-state index in [2.05, 4.69) is 32.2 Å². The van der Waals surface area contributed by atoms with E-state index in [9.17, 15) is 142 Å². The molecule has 0 spiro atoms. The Morgan fingerprint density at radius 2 is 1.05 bits per heavy atom. The number of aliphatic hydroxyl groups excluding tert-OH is 24. The van der Waals surface area contributed by atoms with Crippen LogP contribution >= 0.6 is 0 Å². The predicted molar refractivity (Wildman–Crippen MR) is 482 cm³/mol. The lowest BCUT2D eigenvalue weighted by Gasteiger charge is -2.71. The minimum atomic E-state index is -2.23. The van der Waals surface area contributed by atoms with E-state index in [0.29, 0.717) is 44.9 Å². The van der Waals surface area contributed by atoms with Crippen LogP contribution in [0.1, 0.15) is 180 Å². The summed E-state index contributed by atoms with van der Waals surface area (Å²) in [6.45, 7) is 16.9. The molecule has 8 heterocycles. The molecular formula is C96H159NO47. The highest BCUT2D eigenvalue weighted by molar-refractivity contribution is 5.82. The molecule has 13 rings (SSSR count). The predicted octanol–water partition coefficient (Wildman–Crippen LogP) is -7.26. The smallest absolute Gasteiger partial charge is 0.311 e. The highest BCUT2D eigenvalue weighted by atomic mass is 16.8. The third-order valence-corrected chi connectivity index (χ3v) is 34.3. The van der Waals surface area contributed by atoms with Crippen LogP contribution in [0.3, 0.4) is 0 Å². The number of nitrogens with one attached hydrogen (secondary N) is 1. The van der Waals surface area contributed by atoms with Crippen LogP contribution in [0.2, 0.25) is 0 Å². The van der Waals surface area contributed by atoms with Gasteiger partial charge in [-0.3, -0.25) is 19.2 Å². The van der Waals surface area contributed by atoms with Crippen molar-refractivity contribution in [2.75, 3.05) is 59.5 Å². The molecule has 13 aliphatic rings. The molecule has 26 N–H and O–H groups in total. The first-order chi connectivity index (χ1) is 67.6. The van der Waals surface area contributed by atoms with Gasteiger partial charge in [0, 0.05) is 24.2 Å².